The molecule has 3 rings (SSSR count). The van der Waals surface area contributed by atoms with Crippen LogP contribution in [0, 0.1) is 12.8 Å². The third-order valence-electron chi connectivity index (χ3n) is 5.63. The van der Waals surface area contributed by atoms with Crippen LogP contribution in [0.3, 0.4) is 0 Å². The Labute approximate surface area is 184 Å². The minimum atomic E-state index is -0.457. The molecule has 2 amide bonds. The van der Waals surface area contributed by atoms with Crippen molar-refractivity contribution in [3.05, 3.63) is 41.6 Å². The Kier molecular flexibility index (Phi) is 6.93. The van der Waals surface area contributed by atoms with E-state index in [1.165, 1.54) is 0 Å². The Bertz CT molecular complexity index is 921. The molecule has 0 unspecified atom stereocenters. The highest BCUT2D eigenvalue weighted by molar-refractivity contribution is 5.96. The van der Waals surface area contributed by atoms with Gasteiger partial charge in [0.15, 0.2) is 0 Å². The number of para-hydroxylation sites is 1. The fourth-order valence-electron chi connectivity index (χ4n) is 3.97. The van der Waals surface area contributed by atoms with Crippen LogP contribution in [0.5, 0.6) is 0 Å². The predicted octanol–water partition coefficient (Wildman–Crippen LogP) is 4.54. The van der Waals surface area contributed by atoms with Crippen molar-refractivity contribution in [1.82, 2.24) is 9.88 Å². The summed E-state index contributed by atoms with van der Waals surface area (Å²) in [5, 5.41) is 3.54. The maximum Gasteiger partial charge on any atom is 0.410 e. The zero-order chi connectivity index (χ0) is 22.6. The number of nitrogens with one attached hydrogen (secondary N) is 2. The lowest BCUT2D eigenvalue weighted by molar-refractivity contribution is 0.0182. The molecule has 1 aromatic heterocycles. The van der Waals surface area contributed by atoms with Gasteiger partial charge in [-0.25, -0.2) is 4.79 Å². The summed E-state index contributed by atoms with van der Waals surface area (Å²) in [6.45, 7) is 9.86. The molecule has 1 saturated heterocycles. The van der Waals surface area contributed by atoms with Crippen LogP contribution in [-0.2, 0) is 4.74 Å². The Balaban J connectivity index is 1.53. The maximum absolute atomic E-state index is 12.2. The molecular weight excluding hydrogens is 392 g/mol. The molecule has 1 aliphatic rings. The molecule has 31 heavy (non-hydrogen) atoms. The third-order valence-corrected chi connectivity index (χ3v) is 5.63. The van der Waals surface area contributed by atoms with E-state index in [1.807, 2.05) is 62.9 Å². The number of aromatic nitrogens is 1. The van der Waals surface area contributed by atoms with Gasteiger partial charge >= 0.3 is 6.09 Å². The lowest BCUT2D eigenvalue weighted by Crippen LogP contribution is -2.41. The largest absolute Gasteiger partial charge is 0.444 e. The van der Waals surface area contributed by atoms with Crippen molar-refractivity contribution in [1.29, 1.82) is 0 Å². The summed E-state index contributed by atoms with van der Waals surface area (Å²) in [5.74, 6) is 0.149. The van der Waals surface area contributed by atoms with Gasteiger partial charge in [0, 0.05) is 42.3 Å². The van der Waals surface area contributed by atoms with Crippen molar-refractivity contribution in [2.24, 2.45) is 11.7 Å². The third kappa shape index (κ3) is 6.03. The van der Waals surface area contributed by atoms with Gasteiger partial charge in [0.25, 0.3) is 5.91 Å². The number of aromatic amines is 1. The zero-order valence-electron chi connectivity index (χ0n) is 19.0. The average Bonchev–Trinajstić information content (AvgIpc) is 3.09. The minimum Gasteiger partial charge on any atom is -0.444 e. The number of nitrogens with zero attached hydrogens (tertiary/aromatic N) is 1. The molecule has 7 heteroatoms. The van der Waals surface area contributed by atoms with E-state index < -0.39 is 11.5 Å². The molecule has 1 aliphatic heterocycles. The van der Waals surface area contributed by atoms with Gasteiger partial charge in [0.1, 0.15) is 5.60 Å². The van der Waals surface area contributed by atoms with Crippen molar-refractivity contribution in [2.75, 3.05) is 25.0 Å². The normalized spacial score (nSPS) is 15.0. The number of primary amides is 1. The van der Waals surface area contributed by atoms with Crippen LogP contribution in [-0.4, -0.2) is 47.1 Å². The van der Waals surface area contributed by atoms with Gasteiger partial charge in [0.2, 0.25) is 0 Å². The van der Waals surface area contributed by atoms with Gasteiger partial charge in [-0.2, -0.15) is 0 Å². The number of ether oxygens (including phenoxy) is 1. The van der Waals surface area contributed by atoms with Crippen molar-refractivity contribution < 1.29 is 14.3 Å². The number of hydrogen-bond donors (Lipinski definition) is 3. The van der Waals surface area contributed by atoms with Gasteiger partial charge in [-0.15, -0.1) is 0 Å². The predicted molar refractivity (Wildman–Crippen MR) is 123 cm³/mol. The van der Waals surface area contributed by atoms with Crippen LogP contribution in [0.25, 0.3) is 11.3 Å². The summed E-state index contributed by atoms with van der Waals surface area (Å²) in [6, 6.07) is 9.85. The molecular formula is C24H34N4O3. The number of benzene rings is 1. The molecule has 2 aromatic rings. The van der Waals surface area contributed by atoms with Crippen molar-refractivity contribution in [3.63, 3.8) is 0 Å². The van der Waals surface area contributed by atoms with Crippen molar-refractivity contribution in [3.8, 4) is 11.3 Å². The summed E-state index contributed by atoms with van der Waals surface area (Å²) >= 11 is 0. The maximum atomic E-state index is 12.2. The second-order valence-electron chi connectivity index (χ2n) is 9.26. The number of carbonyl (C=O) groups is 2. The van der Waals surface area contributed by atoms with Gasteiger partial charge in [-0.3, -0.25) is 4.79 Å². The fourth-order valence-corrected chi connectivity index (χ4v) is 3.97. The highest BCUT2D eigenvalue weighted by Crippen LogP contribution is 2.29. The van der Waals surface area contributed by atoms with E-state index in [-0.39, 0.29) is 6.09 Å². The van der Waals surface area contributed by atoms with Crippen LogP contribution >= 0.6 is 0 Å². The number of amides is 2. The molecule has 0 radical (unpaired) electrons. The molecule has 1 aromatic carbocycles. The molecule has 1 fully saturated rings. The summed E-state index contributed by atoms with van der Waals surface area (Å²) in [5.41, 5.74) is 9.20. The molecule has 2 heterocycles. The van der Waals surface area contributed by atoms with Crippen molar-refractivity contribution >= 4 is 17.7 Å². The van der Waals surface area contributed by atoms with E-state index in [0.29, 0.717) is 11.5 Å². The van der Waals surface area contributed by atoms with Crippen LogP contribution < -0.4 is 11.1 Å². The number of anilines is 1. The topological polar surface area (TPSA) is 100 Å². The smallest absolute Gasteiger partial charge is 0.410 e. The number of piperidine rings is 1. The molecule has 0 aliphatic carbocycles. The number of likely N-dealkylation sites (tertiary alicyclic amines) is 1. The van der Waals surface area contributed by atoms with E-state index in [0.717, 1.165) is 61.5 Å². The number of aryl methyl sites for hydroxylation is 1. The molecule has 0 bridgehead atoms. The fraction of sp³-hybridized carbons (Fsp3) is 0.500. The quantitative estimate of drug-likeness (QED) is 0.631. The van der Waals surface area contributed by atoms with E-state index in [9.17, 15) is 9.59 Å². The molecule has 0 spiro atoms. The average molecular weight is 427 g/mol. The second-order valence-corrected chi connectivity index (χ2v) is 9.26. The standard InChI is InChI=1S/C24H34N4O3/c1-16-19(22(25)29)15-21(27-16)18-7-5-6-8-20(18)26-12-9-17-10-13-28(14-11-17)23(30)31-24(2,3)4/h5-8,15,17,26-27H,9-14H2,1-4H3,(H2,25,29). The van der Waals surface area contributed by atoms with Crippen LogP contribution in [0.4, 0.5) is 10.5 Å². The first-order valence-corrected chi connectivity index (χ1v) is 10.9. The molecule has 168 valence electrons. The summed E-state index contributed by atoms with van der Waals surface area (Å²) in [7, 11) is 0. The van der Waals surface area contributed by atoms with E-state index in [2.05, 4.69) is 10.3 Å². The van der Waals surface area contributed by atoms with Crippen LogP contribution in [0.2, 0.25) is 0 Å². The number of H-pyrrole nitrogens is 1. The SMILES string of the molecule is Cc1[nH]c(-c2ccccc2NCCC2CCN(C(=O)OC(C)(C)C)CC2)cc1C(N)=O. The molecule has 7 nitrogen and oxygen atoms in total. The van der Waals surface area contributed by atoms with Crippen LogP contribution in [0.15, 0.2) is 30.3 Å². The van der Waals surface area contributed by atoms with Crippen molar-refractivity contribution in [2.45, 2.75) is 52.6 Å². The first kappa shape index (κ1) is 22.7. The first-order chi connectivity index (χ1) is 14.6. The lowest BCUT2D eigenvalue weighted by atomic mass is 9.93. The number of hydrogen-bond acceptors (Lipinski definition) is 4. The minimum absolute atomic E-state index is 0.213. The highest BCUT2D eigenvalue weighted by atomic mass is 16.6. The van der Waals surface area contributed by atoms with Gasteiger partial charge in [-0.1, -0.05) is 18.2 Å². The number of rotatable bonds is 6. The molecule has 0 saturated carbocycles. The monoisotopic (exact) mass is 426 g/mol. The van der Waals surface area contributed by atoms with Gasteiger partial charge in [0.05, 0.1) is 5.56 Å². The number of carbonyl (C=O) groups excluding carboxylic acids is 2. The Morgan fingerprint density at radius 2 is 1.90 bits per heavy atom. The van der Waals surface area contributed by atoms with Gasteiger partial charge < -0.3 is 25.7 Å². The van der Waals surface area contributed by atoms with Gasteiger partial charge in [-0.05, 0) is 65.0 Å². The van der Waals surface area contributed by atoms with E-state index in [1.54, 1.807) is 0 Å². The Hall–Kier alpha value is -2.96. The lowest BCUT2D eigenvalue weighted by Gasteiger charge is -2.33. The summed E-state index contributed by atoms with van der Waals surface area (Å²) in [6.07, 6.45) is 2.79. The number of nitrogens with two attached hydrogens (primary N) is 1. The highest BCUT2D eigenvalue weighted by Gasteiger charge is 2.26. The Morgan fingerprint density at radius 3 is 2.52 bits per heavy atom. The van der Waals surface area contributed by atoms with E-state index in [4.69, 9.17) is 10.5 Å². The van der Waals surface area contributed by atoms with E-state index >= 15 is 0 Å². The first-order valence-electron chi connectivity index (χ1n) is 10.9. The molecule has 4 N–H and O–H groups in total. The zero-order valence-corrected chi connectivity index (χ0v) is 19.0. The molecule has 0 atom stereocenters. The summed E-state index contributed by atoms with van der Waals surface area (Å²) < 4.78 is 5.47. The second kappa shape index (κ2) is 9.45. The Morgan fingerprint density at radius 1 is 1.23 bits per heavy atom. The summed E-state index contributed by atoms with van der Waals surface area (Å²) in [4.78, 5) is 28.9. The van der Waals surface area contributed by atoms with Crippen LogP contribution in [0.1, 0.15) is 56.1 Å².